The Bertz CT molecular complexity index is 370. The van der Waals surface area contributed by atoms with Crippen molar-refractivity contribution in [3.05, 3.63) is 6.07 Å². The number of anilines is 1. The van der Waals surface area contributed by atoms with Gasteiger partial charge in [0.25, 0.3) is 0 Å². The lowest BCUT2D eigenvalue weighted by Gasteiger charge is -2.26. The normalized spacial score (nSPS) is 23.7. The van der Waals surface area contributed by atoms with Crippen molar-refractivity contribution in [2.24, 2.45) is 5.92 Å². The van der Waals surface area contributed by atoms with Crippen molar-refractivity contribution < 1.29 is 4.74 Å². The molecule has 1 heterocycles. The number of hydrogen-bond donors (Lipinski definition) is 1. The van der Waals surface area contributed by atoms with Crippen LogP contribution in [0.2, 0.25) is 0 Å². The molecule has 100 valence electrons. The second-order valence-electron chi connectivity index (χ2n) is 4.83. The van der Waals surface area contributed by atoms with E-state index in [2.05, 4.69) is 22.2 Å². The van der Waals surface area contributed by atoms with Gasteiger partial charge in [-0.1, -0.05) is 18.7 Å². The second-order valence-corrected chi connectivity index (χ2v) is 5.60. The summed E-state index contributed by atoms with van der Waals surface area (Å²) in [5.41, 5.74) is 0. The van der Waals surface area contributed by atoms with Crippen LogP contribution in [0, 0.1) is 5.92 Å². The van der Waals surface area contributed by atoms with Gasteiger partial charge < -0.3 is 10.1 Å². The fourth-order valence-corrected chi connectivity index (χ4v) is 2.57. The molecule has 1 aromatic heterocycles. The summed E-state index contributed by atoms with van der Waals surface area (Å²) in [5.74, 6) is 2.34. The SMILES string of the molecule is CNc1cc(OC2CCC(C)CC2)nc(SC)n1. The highest BCUT2D eigenvalue weighted by molar-refractivity contribution is 7.98. The Balaban J connectivity index is 2.03. The highest BCUT2D eigenvalue weighted by Crippen LogP contribution is 2.27. The molecule has 1 saturated carbocycles. The van der Waals surface area contributed by atoms with Crippen molar-refractivity contribution in [3.8, 4) is 5.88 Å². The highest BCUT2D eigenvalue weighted by atomic mass is 32.2. The maximum absolute atomic E-state index is 5.98. The van der Waals surface area contributed by atoms with Gasteiger partial charge >= 0.3 is 0 Å². The topological polar surface area (TPSA) is 47.0 Å². The van der Waals surface area contributed by atoms with E-state index in [1.165, 1.54) is 24.6 Å². The molecule has 0 radical (unpaired) electrons. The molecule has 1 fully saturated rings. The summed E-state index contributed by atoms with van der Waals surface area (Å²) in [6.07, 6.45) is 7.06. The van der Waals surface area contributed by atoms with Crippen LogP contribution in [0.3, 0.4) is 0 Å². The standard InChI is InChI=1S/C13H21N3OS/c1-9-4-6-10(7-5-9)17-12-8-11(14-2)15-13(16-12)18-3/h8-10H,4-7H2,1-3H3,(H,14,15,16). The lowest BCUT2D eigenvalue weighted by atomic mass is 9.89. The molecule has 0 unspecified atom stereocenters. The van der Waals surface area contributed by atoms with Crippen molar-refractivity contribution >= 4 is 17.6 Å². The molecular weight excluding hydrogens is 246 g/mol. The minimum absolute atomic E-state index is 0.315. The van der Waals surface area contributed by atoms with Crippen LogP contribution in [-0.4, -0.2) is 29.4 Å². The molecule has 1 aliphatic carbocycles. The predicted molar refractivity (Wildman–Crippen MR) is 75.4 cm³/mol. The third-order valence-electron chi connectivity index (χ3n) is 3.37. The molecule has 1 N–H and O–H groups in total. The number of nitrogens with one attached hydrogen (secondary N) is 1. The lowest BCUT2D eigenvalue weighted by Crippen LogP contribution is -2.23. The first kappa shape index (κ1) is 13.5. The van der Waals surface area contributed by atoms with Crippen molar-refractivity contribution in [1.29, 1.82) is 0 Å². The van der Waals surface area contributed by atoms with Gasteiger partial charge in [0.2, 0.25) is 5.88 Å². The number of aromatic nitrogens is 2. The van der Waals surface area contributed by atoms with E-state index in [9.17, 15) is 0 Å². The fraction of sp³-hybridized carbons (Fsp3) is 0.692. The molecule has 1 aromatic rings. The minimum Gasteiger partial charge on any atom is -0.474 e. The van der Waals surface area contributed by atoms with E-state index in [1.54, 1.807) is 0 Å². The maximum Gasteiger partial charge on any atom is 0.219 e. The van der Waals surface area contributed by atoms with Crippen molar-refractivity contribution in [2.75, 3.05) is 18.6 Å². The number of nitrogens with zero attached hydrogens (tertiary/aromatic N) is 2. The van der Waals surface area contributed by atoms with Gasteiger partial charge in [-0.05, 0) is 37.9 Å². The lowest BCUT2D eigenvalue weighted by molar-refractivity contribution is 0.129. The number of thioether (sulfide) groups is 1. The van der Waals surface area contributed by atoms with E-state index in [0.29, 0.717) is 12.0 Å². The highest BCUT2D eigenvalue weighted by Gasteiger charge is 2.20. The summed E-state index contributed by atoms with van der Waals surface area (Å²) >= 11 is 1.53. The molecule has 0 amide bonds. The van der Waals surface area contributed by atoms with Crippen LogP contribution in [0.5, 0.6) is 5.88 Å². The van der Waals surface area contributed by atoms with Gasteiger partial charge in [0.1, 0.15) is 11.9 Å². The molecule has 0 spiro atoms. The molecule has 18 heavy (non-hydrogen) atoms. The molecule has 4 nitrogen and oxygen atoms in total. The Morgan fingerprint density at radius 2 is 2.00 bits per heavy atom. The Morgan fingerprint density at radius 3 is 2.61 bits per heavy atom. The van der Waals surface area contributed by atoms with Crippen LogP contribution >= 0.6 is 11.8 Å². The molecule has 1 aliphatic rings. The summed E-state index contributed by atoms with van der Waals surface area (Å²) in [4.78, 5) is 8.74. The van der Waals surface area contributed by atoms with Crippen LogP contribution in [-0.2, 0) is 0 Å². The van der Waals surface area contributed by atoms with Gasteiger partial charge in [0.15, 0.2) is 5.16 Å². The van der Waals surface area contributed by atoms with Crippen molar-refractivity contribution in [3.63, 3.8) is 0 Å². The quantitative estimate of drug-likeness (QED) is 0.670. The Morgan fingerprint density at radius 1 is 1.28 bits per heavy atom. The van der Waals surface area contributed by atoms with Crippen LogP contribution in [0.1, 0.15) is 32.6 Å². The maximum atomic E-state index is 5.98. The summed E-state index contributed by atoms with van der Waals surface area (Å²) in [7, 11) is 1.86. The van der Waals surface area contributed by atoms with E-state index >= 15 is 0 Å². The Labute approximate surface area is 113 Å². The Hall–Kier alpha value is -0.970. The first-order valence-electron chi connectivity index (χ1n) is 6.48. The summed E-state index contributed by atoms with van der Waals surface area (Å²) in [6, 6.07) is 1.87. The molecule has 0 aromatic carbocycles. The zero-order chi connectivity index (χ0) is 13.0. The molecule has 0 bridgehead atoms. The zero-order valence-corrected chi connectivity index (χ0v) is 12.1. The molecule has 0 aliphatic heterocycles. The van der Waals surface area contributed by atoms with Gasteiger partial charge in [-0.2, -0.15) is 4.98 Å². The van der Waals surface area contributed by atoms with Gasteiger partial charge in [-0.25, -0.2) is 4.98 Å². The number of rotatable bonds is 4. The largest absolute Gasteiger partial charge is 0.474 e. The third-order valence-corrected chi connectivity index (χ3v) is 3.92. The molecule has 0 saturated heterocycles. The smallest absolute Gasteiger partial charge is 0.219 e. The van der Waals surface area contributed by atoms with Gasteiger partial charge in [0, 0.05) is 13.1 Å². The van der Waals surface area contributed by atoms with Gasteiger partial charge in [-0.15, -0.1) is 0 Å². The number of hydrogen-bond acceptors (Lipinski definition) is 5. The molecule has 5 heteroatoms. The van der Waals surface area contributed by atoms with E-state index in [0.717, 1.165) is 29.7 Å². The average Bonchev–Trinajstić information content (AvgIpc) is 2.41. The average molecular weight is 267 g/mol. The van der Waals surface area contributed by atoms with E-state index < -0.39 is 0 Å². The molecular formula is C13H21N3OS. The molecule has 0 atom stereocenters. The van der Waals surface area contributed by atoms with E-state index in [-0.39, 0.29) is 0 Å². The van der Waals surface area contributed by atoms with Crippen LogP contribution < -0.4 is 10.1 Å². The van der Waals surface area contributed by atoms with Crippen LogP contribution in [0.25, 0.3) is 0 Å². The number of ether oxygens (including phenoxy) is 1. The Kier molecular flexibility index (Phi) is 4.69. The minimum atomic E-state index is 0.315. The van der Waals surface area contributed by atoms with Crippen molar-refractivity contribution in [1.82, 2.24) is 9.97 Å². The summed E-state index contributed by atoms with van der Waals surface area (Å²) in [6.45, 7) is 2.31. The van der Waals surface area contributed by atoms with Gasteiger partial charge in [0.05, 0.1) is 0 Å². The third kappa shape index (κ3) is 3.51. The zero-order valence-electron chi connectivity index (χ0n) is 11.3. The van der Waals surface area contributed by atoms with E-state index in [1.807, 2.05) is 19.4 Å². The van der Waals surface area contributed by atoms with Crippen LogP contribution in [0.15, 0.2) is 11.2 Å². The molecule has 2 rings (SSSR count). The summed E-state index contributed by atoms with van der Waals surface area (Å²) in [5, 5.41) is 3.79. The predicted octanol–water partition coefficient (Wildman–Crippen LogP) is 3.20. The fourth-order valence-electron chi connectivity index (χ4n) is 2.20. The van der Waals surface area contributed by atoms with Crippen LogP contribution in [0.4, 0.5) is 5.82 Å². The second kappa shape index (κ2) is 6.27. The first-order valence-corrected chi connectivity index (χ1v) is 7.71. The monoisotopic (exact) mass is 267 g/mol. The summed E-state index contributed by atoms with van der Waals surface area (Å²) < 4.78 is 5.98. The first-order chi connectivity index (χ1) is 8.71. The van der Waals surface area contributed by atoms with Gasteiger partial charge in [-0.3, -0.25) is 0 Å². The van der Waals surface area contributed by atoms with E-state index in [4.69, 9.17) is 4.74 Å². The van der Waals surface area contributed by atoms with Crippen molar-refractivity contribution in [2.45, 2.75) is 43.9 Å².